The third-order valence-electron chi connectivity index (χ3n) is 1.76. The maximum Gasteiger partial charge on any atom is 0.333 e. The smallest absolute Gasteiger partial charge is 0.333 e. The molecule has 14 heavy (non-hydrogen) atoms. The van der Waals surface area contributed by atoms with E-state index in [4.69, 9.17) is 10.00 Å². The highest BCUT2D eigenvalue weighted by molar-refractivity contribution is 5.87. The Bertz CT molecular complexity index is 251. The van der Waals surface area contributed by atoms with Crippen LogP contribution < -0.4 is 0 Å². The molecule has 0 spiro atoms. The zero-order valence-electron chi connectivity index (χ0n) is 9.04. The molecule has 3 heteroatoms. The van der Waals surface area contributed by atoms with Gasteiger partial charge in [0.15, 0.2) is 0 Å². The lowest BCUT2D eigenvalue weighted by Gasteiger charge is -2.04. The van der Waals surface area contributed by atoms with Gasteiger partial charge in [-0.25, -0.2) is 4.79 Å². The number of nitrogens with zero attached hydrogens (tertiary/aromatic N) is 1. The zero-order valence-corrected chi connectivity index (χ0v) is 9.04. The summed E-state index contributed by atoms with van der Waals surface area (Å²) in [5.74, 6) is -0.561. The predicted molar refractivity (Wildman–Crippen MR) is 54.4 cm³/mol. The van der Waals surface area contributed by atoms with Crippen molar-refractivity contribution in [1.82, 2.24) is 0 Å². The van der Waals surface area contributed by atoms with Crippen molar-refractivity contribution in [3.8, 4) is 6.07 Å². The van der Waals surface area contributed by atoms with Crippen molar-refractivity contribution in [1.29, 1.82) is 5.26 Å². The fourth-order valence-corrected chi connectivity index (χ4v) is 0.903. The van der Waals surface area contributed by atoms with E-state index in [-0.39, 0.29) is 11.9 Å². The summed E-state index contributed by atoms with van der Waals surface area (Å²) in [5, 5.41) is 8.53. The molecule has 0 aliphatic carbocycles. The average Bonchev–Trinajstić information content (AvgIpc) is 2.17. The van der Waals surface area contributed by atoms with E-state index in [2.05, 4.69) is 0 Å². The number of esters is 1. The SMILES string of the molecule is CCCCOC(=O)C(C)=CC(C)C#N. The van der Waals surface area contributed by atoms with Gasteiger partial charge in [0.2, 0.25) is 0 Å². The van der Waals surface area contributed by atoms with Crippen LogP contribution in [0.1, 0.15) is 33.6 Å². The van der Waals surface area contributed by atoms with Crippen molar-refractivity contribution < 1.29 is 9.53 Å². The highest BCUT2D eigenvalue weighted by Gasteiger charge is 2.06. The third kappa shape index (κ3) is 5.36. The lowest BCUT2D eigenvalue weighted by Crippen LogP contribution is -2.07. The van der Waals surface area contributed by atoms with E-state index in [0.717, 1.165) is 12.8 Å². The van der Waals surface area contributed by atoms with Gasteiger partial charge in [-0.3, -0.25) is 0 Å². The number of carbonyl (C=O) groups excluding carboxylic acids is 1. The van der Waals surface area contributed by atoms with Crippen LogP contribution in [0.15, 0.2) is 11.6 Å². The van der Waals surface area contributed by atoms with Gasteiger partial charge in [-0.15, -0.1) is 0 Å². The van der Waals surface area contributed by atoms with Crippen LogP contribution in [0.5, 0.6) is 0 Å². The molecule has 0 rings (SSSR count). The first-order chi connectivity index (χ1) is 6.61. The Morgan fingerprint density at radius 3 is 2.79 bits per heavy atom. The Kier molecular flexibility index (Phi) is 6.47. The Labute approximate surface area is 85.4 Å². The van der Waals surface area contributed by atoms with Gasteiger partial charge in [0, 0.05) is 5.57 Å². The molecule has 0 aliphatic heterocycles. The fourth-order valence-electron chi connectivity index (χ4n) is 0.903. The van der Waals surface area contributed by atoms with E-state index >= 15 is 0 Å². The molecule has 0 aromatic heterocycles. The van der Waals surface area contributed by atoms with Gasteiger partial charge < -0.3 is 4.74 Å². The highest BCUT2D eigenvalue weighted by Crippen LogP contribution is 2.04. The number of hydrogen-bond donors (Lipinski definition) is 0. The van der Waals surface area contributed by atoms with Crippen LogP contribution in [-0.2, 0) is 9.53 Å². The van der Waals surface area contributed by atoms with Crippen LogP contribution >= 0.6 is 0 Å². The molecule has 0 saturated heterocycles. The summed E-state index contributed by atoms with van der Waals surface area (Å²) in [6.45, 7) is 5.90. The van der Waals surface area contributed by atoms with Gasteiger partial charge in [-0.05, 0) is 20.3 Å². The second-order valence-electron chi connectivity index (χ2n) is 3.26. The molecule has 0 bridgehead atoms. The standard InChI is InChI=1S/C11H17NO2/c1-4-5-6-14-11(13)10(3)7-9(2)8-12/h7,9H,4-6H2,1-3H3. The van der Waals surface area contributed by atoms with E-state index in [1.807, 2.05) is 13.0 Å². The summed E-state index contributed by atoms with van der Waals surface area (Å²) < 4.78 is 4.97. The summed E-state index contributed by atoms with van der Waals surface area (Å²) in [6, 6.07) is 2.03. The Hall–Kier alpha value is -1.30. The predicted octanol–water partition coefficient (Wildman–Crippen LogP) is 2.44. The molecule has 78 valence electrons. The fraction of sp³-hybridized carbons (Fsp3) is 0.636. The third-order valence-corrected chi connectivity index (χ3v) is 1.76. The second kappa shape index (κ2) is 7.14. The minimum atomic E-state index is -0.319. The molecule has 0 aliphatic rings. The topological polar surface area (TPSA) is 50.1 Å². The van der Waals surface area contributed by atoms with E-state index in [1.165, 1.54) is 0 Å². The molecule has 0 saturated carbocycles. The van der Waals surface area contributed by atoms with Crippen molar-refractivity contribution in [3.05, 3.63) is 11.6 Å². The average molecular weight is 195 g/mol. The van der Waals surface area contributed by atoms with Crippen LogP contribution in [0.3, 0.4) is 0 Å². The van der Waals surface area contributed by atoms with Crippen molar-refractivity contribution in [2.45, 2.75) is 33.6 Å². The first kappa shape index (κ1) is 12.7. The number of nitriles is 1. The Morgan fingerprint density at radius 2 is 2.29 bits per heavy atom. The van der Waals surface area contributed by atoms with E-state index in [0.29, 0.717) is 12.2 Å². The molecule has 3 nitrogen and oxygen atoms in total. The zero-order chi connectivity index (χ0) is 11.0. The summed E-state index contributed by atoms with van der Waals surface area (Å²) in [7, 11) is 0. The van der Waals surface area contributed by atoms with Crippen LogP contribution in [0.25, 0.3) is 0 Å². The van der Waals surface area contributed by atoms with Crippen LogP contribution in [0.4, 0.5) is 0 Å². The number of ether oxygens (including phenoxy) is 1. The largest absolute Gasteiger partial charge is 0.462 e. The summed E-state index contributed by atoms with van der Waals surface area (Å²) >= 11 is 0. The molecule has 0 amide bonds. The Morgan fingerprint density at radius 1 is 1.64 bits per heavy atom. The molecule has 0 radical (unpaired) electrons. The summed E-state index contributed by atoms with van der Waals surface area (Å²) in [5.41, 5.74) is 0.509. The highest BCUT2D eigenvalue weighted by atomic mass is 16.5. The molecule has 0 fully saturated rings. The summed E-state index contributed by atoms with van der Waals surface area (Å²) in [4.78, 5) is 11.3. The molecule has 0 aromatic carbocycles. The number of unbranched alkanes of at least 4 members (excludes halogenated alkanes) is 1. The first-order valence-electron chi connectivity index (χ1n) is 4.87. The van der Waals surface area contributed by atoms with Crippen molar-refractivity contribution in [3.63, 3.8) is 0 Å². The lowest BCUT2D eigenvalue weighted by molar-refractivity contribution is -0.139. The molecule has 0 aromatic rings. The van der Waals surface area contributed by atoms with Gasteiger partial charge in [0.05, 0.1) is 18.6 Å². The number of rotatable bonds is 5. The maximum atomic E-state index is 11.3. The number of hydrogen-bond acceptors (Lipinski definition) is 3. The lowest BCUT2D eigenvalue weighted by atomic mass is 10.1. The normalized spacial score (nSPS) is 13.1. The first-order valence-corrected chi connectivity index (χ1v) is 4.87. The van der Waals surface area contributed by atoms with E-state index < -0.39 is 0 Å². The molecule has 1 unspecified atom stereocenters. The van der Waals surface area contributed by atoms with Crippen LogP contribution in [0, 0.1) is 17.2 Å². The van der Waals surface area contributed by atoms with Crippen molar-refractivity contribution >= 4 is 5.97 Å². The minimum absolute atomic E-state index is 0.242. The molecule has 1 atom stereocenters. The second-order valence-corrected chi connectivity index (χ2v) is 3.26. The number of allylic oxidation sites excluding steroid dienone is 1. The van der Waals surface area contributed by atoms with E-state index in [1.54, 1.807) is 19.9 Å². The minimum Gasteiger partial charge on any atom is -0.462 e. The quantitative estimate of drug-likeness (QED) is 0.384. The molecule has 0 N–H and O–H groups in total. The van der Waals surface area contributed by atoms with Gasteiger partial charge in [-0.2, -0.15) is 5.26 Å². The van der Waals surface area contributed by atoms with Gasteiger partial charge in [0.1, 0.15) is 0 Å². The van der Waals surface area contributed by atoms with Crippen LogP contribution in [0.2, 0.25) is 0 Å². The summed E-state index contributed by atoms with van der Waals surface area (Å²) in [6.07, 6.45) is 3.51. The molecular weight excluding hydrogens is 178 g/mol. The molecule has 0 heterocycles. The molecular formula is C11H17NO2. The number of carbonyl (C=O) groups is 1. The van der Waals surface area contributed by atoms with Crippen molar-refractivity contribution in [2.75, 3.05) is 6.61 Å². The Balaban J connectivity index is 4.00. The van der Waals surface area contributed by atoms with Gasteiger partial charge in [0.25, 0.3) is 0 Å². The maximum absolute atomic E-state index is 11.3. The van der Waals surface area contributed by atoms with Gasteiger partial charge >= 0.3 is 5.97 Å². The van der Waals surface area contributed by atoms with E-state index in [9.17, 15) is 4.79 Å². The van der Waals surface area contributed by atoms with Gasteiger partial charge in [-0.1, -0.05) is 19.4 Å². The monoisotopic (exact) mass is 195 g/mol. The van der Waals surface area contributed by atoms with Crippen LogP contribution in [-0.4, -0.2) is 12.6 Å². The van der Waals surface area contributed by atoms with Crippen molar-refractivity contribution in [2.24, 2.45) is 5.92 Å².